The number of hydrogen-bond donors (Lipinski definition) is 1. The summed E-state index contributed by atoms with van der Waals surface area (Å²) in [6, 6.07) is 3.49. The summed E-state index contributed by atoms with van der Waals surface area (Å²) in [6.45, 7) is 3.42. The zero-order valence-corrected chi connectivity index (χ0v) is 19.6. The summed E-state index contributed by atoms with van der Waals surface area (Å²) in [5, 5.41) is 10.9. The number of carbonyl (C=O) groups is 1. The number of nitrogens with zero attached hydrogens (tertiary/aromatic N) is 3. The summed E-state index contributed by atoms with van der Waals surface area (Å²) in [4.78, 5) is 23.0. The van der Waals surface area contributed by atoms with E-state index >= 15 is 0 Å². The minimum absolute atomic E-state index is 0.111. The molecular formula is C20H28ClN3O6S. The molecule has 1 aliphatic carbocycles. The van der Waals surface area contributed by atoms with E-state index in [1.165, 1.54) is 5.06 Å². The van der Waals surface area contributed by atoms with Gasteiger partial charge in [0.15, 0.2) is 9.84 Å². The Morgan fingerprint density at radius 2 is 1.90 bits per heavy atom. The van der Waals surface area contributed by atoms with Crippen LogP contribution in [0.15, 0.2) is 22.0 Å². The first-order chi connectivity index (χ1) is 14.5. The molecule has 1 saturated carbocycles. The van der Waals surface area contributed by atoms with Gasteiger partial charge in [0, 0.05) is 11.1 Å². The molecule has 1 unspecified atom stereocenters. The lowest BCUT2D eigenvalue weighted by Gasteiger charge is -2.37. The molecule has 3 rings (SSSR count). The monoisotopic (exact) mass is 473 g/mol. The average molecular weight is 474 g/mol. The first kappa shape index (κ1) is 23.8. The van der Waals surface area contributed by atoms with Crippen molar-refractivity contribution in [3.8, 4) is 0 Å². The fraction of sp³-hybridized carbons (Fsp3) is 0.600. The van der Waals surface area contributed by atoms with Gasteiger partial charge in [-0.3, -0.25) is 0 Å². The Morgan fingerprint density at radius 3 is 2.48 bits per heavy atom. The zero-order chi connectivity index (χ0) is 22.9. The molecule has 1 atom stereocenters. The zero-order valence-electron chi connectivity index (χ0n) is 18.0. The van der Waals surface area contributed by atoms with Gasteiger partial charge in [0.1, 0.15) is 11.6 Å². The lowest BCUT2D eigenvalue weighted by molar-refractivity contribution is -0.226. The fourth-order valence-electron chi connectivity index (χ4n) is 4.04. The third-order valence-electron chi connectivity index (χ3n) is 5.75. The van der Waals surface area contributed by atoms with Crippen LogP contribution in [-0.4, -0.2) is 73.8 Å². The van der Waals surface area contributed by atoms with Crippen LogP contribution in [-0.2, 0) is 19.4 Å². The van der Waals surface area contributed by atoms with E-state index in [1.54, 1.807) is 26.0 Å². The molecule has 1 fully saturated rings. The number of aryl methyl sites for hydroxylation is 2. The molecule has 1 heterocycles. The second kappa shape index (κ2) is 9.32. The number of carboxylic acid groups (broad SMARTS) is 1. The standard InChI is InChI=1S/C20H28ClN3O6S/c1-12-10-17(13(2)9-16(12)21)31(27,28)11-18-22-19(29-20(25)26)30-24(18)15-7-5-14(6-8-15)23(3)4/h9-10,14-15,19H,5-8,11H2,1-4H3,(H,25,26). The molecule has 11 heteroatoms. The van der Waals surface area contributed by atoms with Crippen molar-refractivity contribution in [2.75, 3.05) is 19.8 Å². The van der Waals surface area contributed by atoms with E-state index in [2.05, 4.69) is 14.6 Å². The molecule has 172 valence electrons. The fourth-order valence-corrected chi connectivity index (χ4v) is 5.86. The molecule has 1 aliphatic heterocycles. The van der Waals surface area contributed by atoms with Crippen molar-refractivity contribution in [3.63, 3.8) is 0 Å². The van der Waals surface area contributed by atoms with Crippen LogP contribution in [0.3, 0.4) is 0 Å². The highest BCUT2D eigenvalue weighted by atomic mass is 35.5. The number of hydrogen-bond acceptors (Lipinski definition) is 8. The van der Waals surface area contributed by atoms with Gasteiger partial charge in [-0.1, -0.05) is 11.6 Å². The molecule has 0 amide bonds. The number of amidine groups is 1. The van der Waals surface area contributed by atoms with E-state index in [0.717, 1.165) is 25.7 Å². The number of aliphatic imine (C=N–C) groups is 1. The molecule has 31 heavy (non-hydrogen) atoms. The van der Waals surface area contributed by atoms with E-state index in [0.29, 0.717) is 22.2 Å². The number of hydroxylamine groups is 2. The first-order valence-electron chi connectivity index (χ1n) is 10.1. The summed E-state index contributed by atoms with van der Waals surface area (Å²) in [5.41, 5.74) is 1.19. The van der Waals surface area contributed by atoms with Crippen molar-refractivity contribution >= 4 is 33.4 Å². The third-order valence-corrected chi connectivity index (χ3v) is 7.91. The summed E-state index contributed by atoms with van der Waals surface area (Å²) in [5.74, 6) is -0.284. The molecule has 1 N–H and O–H groups in total. The van der Waals surface area contributed by atoms with E-state index in [1.807, 2.05) is 14.1 Å². The lowest BCUT2D eigenvalue weighted by Crippen LogP contribution is -2.45. The summed E-state index contributed by atoms with van der Waals surface area (Å²) in [6.07, 6.45) is 0.400. The predicted molar refractivity (Wildman–Crippen MR) is 116 cm³/mol. The van der Waals surface area contributed by atoms with Crippen LogP contribution in [0.25, 0.3) is 0 Å². The summed E-state index contributed by atoms with van der Waals surface area (Å²) >= 11 is 6.11. The van der Waals surface area contributed by atoms with E-state index in [-0.39, 0.29) is 16.8 Å². The number of rotatable bonds is 6. The number of halogens is 1. The van der Waals surface area contributed by atoms with Crippen LogP contribution in [0.1, 0.15) is 36.8 Å². The van der Waals surface area contributed by atoms with Crippen molar-refractivity contribution in [2.45, 2.75) is 62.9 Å². The third kappa shape index (κ3) is 5.49. The Hall–Kier alpha value is -1.88. The van der Waals surface area contributed by atoms with Crippen LogP contribution < -0.4 is 0 Å². The second-order valence-corrected chi connectivity index (χ2v) is 10.6. The van der Waals surface area contributed by atoms with Crippen LogP contribution in [0.2, 0.25) is 5.02 Å². The molecule has 0 aromatic heterocycles. The smallest absolute Gasteiger partial charge is 0.450 e. The van der Waals surface area contributed by atoms with Crippen molar-refractivity contribution in [2.24, 2.45) is 4.99 Å². The maximum atomic E-state index is 13.2. The maximum absolute atomic E-state index is 13.2. The number of sulfone groups is 1. The molecule has 1 aromatic carbocycles. The molecule has 0 radical (unpaired) electrons. The highest BCUT2D eigenvalue weighted by Gasteiger charge is 2.38. The topological polar surface area (TPSA) is 109 Å². The average Bonchev–Trinajstić information content (AvgIpc) is 3.05. The number of ether oxygens (including phenoxy) is 1. The molecule has 9 nitrogen and oxygen atoms in total. The van der Waals surface area contributed by atoms with Gasteiger partial charge in [0.25, 0.3) is 0 Å². The van der Waals surface area contributed by atoms with Crippen LogP contribution in [0.4, 0.5) is 4.79 Å². The van der Waals surface area contributed by atoms with Gasteiger partial charge in [0.2, 0.25) is 0 Å². The summed E-state index contributed by atoms with van der Waals surface area (Å²) < 4.78 is 31.0. The quantitative estimate of drug-likeness (QED) is 0.627. The largest absolute Gasteiger partial charge is 0.509 e. The van der Waals surface area contributed by atoms with Gasteiger partial charge < -0.3 is 14.7 Å². The van der Waals surface area contributed by atoms with E-state index in [4.69, 9.17) is 21.5 Å². The van der Waals surface area contributed by atoms with Gasteiger partial charge in [0.05, 0.1) is 10.9 Å². The molecule has 0 saturated heterocycles. The van der Waals surface area contributed by atoms with Crippen molar-refractivity contribution in [1.82, 2.24) is 9.96 Å². The lowest BCUT2D eigenvalue weighted by atomic mass is 9.90. The van der Waals surface area contributed by atoms with Crippen LogP contribution >= 0.6 is 11.6 Å². The van der Waals surface area contributed by atoms with Gasteiger partial charge in [-0.15, -0.1) is 0 Å². The Morgan fingerprint density at radius 1 is 1.26 bits per heavy atom. The van der Waals surface area contributed by atoms with Gasteiger partial charge >= 0.3 is 12.6 Å². The van der Waals surface area contributed by atoms with Gasteiger partial charge in [-0.05, 0) is 76.9 Å². The molecule has 0 bridgehead atoms. The SMILES string of the molecule is Cc1cc(S(=O)(=O)CC2=NC(OC(=O)O)ON2C2CCC(N(C)C)CC2)c(C)cc1Cl. The Kier molecular flexibility index (Phi) is 7.14. The Balaban J connectivity index is 1.84. The Bertz CT molecular complexity index is 973. The minimum atomic E-state index is -3.78. The highest BCUT2D eigenvalue weighted by Crippen LogP contribution is 2.31. The van der Waals surface area contributed by atoms with Crippen molar-refractivity contribution in [3.05, 3.63) is 28.3 Å². The van der Waals surface area contributed by atoms with Gasteiger partial charge in [-0.25, -0.2) is 23.1 Å². The predicted octanol–water partition coefficient (Wildman–Crippen LogP) is 3.23. The van der Waals surface area contributed by atoms with E-state index in [9.17, 15) is 13.2 Å². The minimum Gasteiger partial charge on any atom is -0.450 e. The van der Waals surface area contributed by atoms with Crippen LogP contribution in [0.5, 0.6) is 0 Å². The summed E-state index contributed by atoms with van der Waals surface area (Å²) in [7, 11) is 0.280. The Labute approximate surface area is 187 Å². The molecular weight excluding hydrogens is 446 g/mol. The molecule has 0 spiro atoms. The first-order valence-corrected chi connectivity index (χ1v) is 12.1. The van der Waals surface area contributed by atoms with Crippen molar-refractivity contribution in [1.29, 1.82) is 0 Å². The maximum Gasteiger partial charge on any atom is 0.509 e. The highest BCUT2D eigenvalue weighted by molar-refractivity contribution is 7.92. The number of benzene rings is 1. The van der Waals surface area contributed by atoms with Crippen molar-refractivity contribution < 1.29 is 27.9 Å². The van der Waals surface area contributed by atoms with E-state index < -0.39 is 28.2 Å². The van der Waals surface area contributed by atoms with Crippen LogP contribution in [0, 0.1) is 13.8 Å². The normalized spacial score (nSPS) is 24.4. The molecule has 2 aliphatic rings. The molecule has 1 aromatic rings. The second-order valence-electron chi connectivity index (χ2n) is 8.22. The van der Waals surface area contributed by atoms with Gasteiger partial charge in [-0.2, -0.15) is 4.99 Å².